The largest absolute Gasteiger partial charge is 0.465 e. The Morgan fingerprint density at radius 2 is 1.14 bits per heavy atom. The molecule has 0 fully saturated rings. The van der Waals surface area contributed by atoms with Gasteiger partial charge in [-0.05, 0) is 5.92 Å². The molecule has 0 radical (unpaired) electrons. The number of ether oxygens (including phenoxy) is 1. The number of halogens is 6. The van der Waals surface area contributed by atoms with Gasteiger partial charge in [-0.3, -0.25) is 14.4 Å². The zero-order valence-electron chi connectivity index (χ0n) is 12.3. The summed E-state index contributed by atoms with van der Waals surface area (Å²) in [4.78, 5) is 30.1. The van der Waals surface area contributed by atoms with E-state index in [1.165, 1.54) is 0 Å². The van der Waals surface area contributed by atoms with Gasteiger partial charge in [0.15, 0.2) is 0 Å². The molecule has 0 saturated carbocycles. The van der Waals surface area contributed by atoms with E-state index in [-0.39, 0.29) is 11.9 Å². The highest BCUT2D eigenvalue weighted by atomic mass is 19.4. The van der Waals surface area contributed by atoms with Gasteiger partial charge in [0.05, 0.1) is 12.5 Å². The minimum absolute atomic E-state index is 0.00116. The number of hydrogen-bond acceptors (Lipinski definition) is 4. The maximum absolute atomic E-state index is 11.2. The van der Waals surface area contributed by atoms with E-state index in [0.717, 1.165) is 0 Å². The van der Waals surface area contributed by atoms with Crippen molar-refractivity contribution in [3.05, 3.63) is 0 Å². The lowest BCUT2D eigenvalue weighted by Gasteiger charge is -2.08. The molecule has 0 amide bonds. The second kappa shape index (κ2) is 8.74. The van der Waals surface area contributed by atoms with Gasteiger partial charge in [0, 0.05) is 0 Å². The van der Waals surface area contributed by atoms with Crippen LogP contribution >= 0.6 is 0 Å². The maximum atomic E-state index is 11.2. The molecule has 0 saturated heterocycles. The van der Waals surface area contributed by atoms with E-state index in [2.05, 4.69) is 0 Å². The van der Waals surface area contributed by atoms with Crippen LogP contribution in [0.25, 0.3) is 0 Å². The predicted molar refractivity (Wildman–Crippen MR) is 62.8 cm³/mol. The molecular weight excluding hydrogens is 322 g/mol. The molecule has 0 aromatic rings. The zero-order valence-corrected chi connectivity index (χ0v) is 12.3. The van der Waals surface area contributed by atoms with E-state index >= 15 is 0 Å². The van der Waals surface area contributed by atoms with Gasteiger partial charge in [-0.2, -0.15) is 26.3 Å². The van der Waals surface area contributed by atoms with Crippen LogP contribution in [0.4, 0.5) is 26.3 Å². The van der Waals surface area contributed by atoms with Crippen LogP contribution in [-0.2, 0) is 19.1 Å². The molecule has 130 valence electrons. The van der Waals surface area contributed by atoms with E-state index in [4.69, 9.17) is 4.74 Å². The van der Waals surface area contributed by atoms with Gasteiger partial charge in [-0.1, -0.05) is 27.7 Å². The number of rotatable bonds is 4. The molecule has 0 atom stereocenters. The van der Waals surface area contributed by atoms with Crippen molar-refractivity contribution < 1.29 is 45.5 Å². The molecule has 0 rings (SSSR count). The third-order valence-corrected chi connectivity index (χ3v) is 1.75. The van der Waals surface area contributed by atoms with Crippen molar-refractivity contribution in [1.82, 2.24) is 0 Å². The summed E-state index contributed by atoms with van der Waals surface area (Å²) in [5.41, 5.74) is 0. The van der Waals surface area contributed by atoms with Crippen LogP contribution in [-0.4, -0.2) is 36.5 Å². The fourth-order valence-electron chi connectivity index (χ4n) is 0.673. The third kappa shape index (κ3) is 10.2. The van der Waals surface area contributed by atoms with Crippen LogP contribution in [0.2, 0.25) is 0 Å². The fourth-order valence-corrected chi connectivity index (χ4v) is 0.673. The molecule has 0 heterocycles. The number of carbonyl (C=O) groups excluding carboxylic acids is 3. The summed E-state index contributed by atoms with van der Waals surface area (Å²) in [5, 5.41) is 0. The monoisotopic (exact) mass is 338 g/mol. The van der Waals surface area contributed by atoms with Crippen LogP contribution < -0.4 is 0 Å². The van der Waals surface area contributed by atoms with Gasteiger partial charge in [0.25, 0.3) is 0 Å². The van der Waals surface area contributed by atoms with Crippen molar-refractivity contribution in [3.63, 3.8) is 0 Å². The summed E-state index contributed by atoms with van der Waals surface area (Å²) in [5.74, 6) is -6.49. The molecular formula is C12H16F6O4. The van der Waals surface area contributed by atoms with Crippen molar-refractivity contribution in [3.8, 4) is 0 Å². The molecule has 10 heteroatoms. The SMILES string of the molecule is CC(C)COC(=O)C(C)C.O=C(C(=O)C(F)(F)F)C(F)(F)F. The first kappa shape index (κ1) is 22.7. The van der Waals surface area contributed by atoms with Crippen molar-refractivity contribution in [2.75, 3.05) is 6.61 Å². The molecule has 0 aromatic heterocycles. The Hall–Kier alpha value is -1.61. The van der Waals surface area contributed by atoms with Gasteiger partial charge in [-0.25, -0.2) is 0 Å². The molecule has 0 aliphatic carbocycles. The Balaban J connectivity index is 0. The van der Waals surface area contributed by atoms with E-state index in [1.54, 1.807) is 0 Å². The van der Waals surface area contributed by atoms with E-state index in [9.17, 15) is 40.7 Å². The van der Waals surface area contributed by atoms with Crippen LogP contribution in [0.15, 0.2) is 0 Å². The Kier molecular flexibility index (Phi) is 9.01. The summed E-state index contributed by atoms with van der Waals surface area (Å²) in [6.45, 7) is 8.25. The number of esters is 1. The molecule has 4 nitrogen and oxygen atoms in total. The molecule has 0 bridgehead atoms. The summed E-state index contributed by atoms with van der Waals surface area (Å²) in [6, 6.07) is 0. The minimum Gasteiger partial charge on any atom is -0.465 e. The molecule has 0 N–H and O–H groups in total. The van der Waals surface area contributed by atoms with Gasteiger partial charge in [0.1, 0.15) is 0 Å². The molecule has 0 aliphatic heterocycles. The molecule has 0 spiro atoms. The first-order chi connectivity index (χ1) is 9.60. The summed E-state index contributed by atoms with van der Waals surface area (Å²) < 4.78 is 71.9. The summed E-state index contributed by atoms with van der Waals surface area (Å²) in [6.07, 6.45) is -11.5. The highest BCUT2D eigenvalue weighted by molar-refractivity contribution is 6.41. The summed E-state index contributed by atoms with van der Waals surface area (Å²) >= 11 is 0. The molecule has 0 aliphatic rings. The minimum atomic E-state index is -5.77. The molecule has 0 unspecified atom stereocenters. The fraction of sp³-hybridized carbons (Fsp3) is 0.750. The Bertz CT molecular complexity index is 371. The number of hydrogen-bond donors (Lipinski definition) is 0. The van der Waals surface area contributed by atoms with Gasteiger partial charge in [0.2, 0.25) is 0 Å². The normalized spacial score (nSPS) is 11.8. The maximum Gasteiger partial charge on any atom is 0.458 e. The second-order valence-corrected chi connectivity index (χ2v) is 4.83. The average Bonchev–Trinajstić information content (AvgIpc) is 2.32. The number of carbonyl (C=O) groups is 3. The first-order valence-electron chi connectivity index (χ1n) is 6.00. The highest BCUT2D eigenvalue weighted by Crippen LogP contribution is 2.23. The highest BCUT2D eigenvalue weighted by Gasteiger charge is 2.54. The summed E-state index contributed by atoms with van der Waals surface area (Å²) in [7, 11) is 0. The van der Waals surface area contributed by atoms with Crippen LogP contribution in [0.1, 0.15) is 27.7 Å². The number of Topliss-reactive ketones (excluding diaryl/α,β-unsaturated/α-hetero) is 2. The standard InChI is InChI=1S/C8H16O2.C4F6O2/c1-6(2)5-10-8(9)7(3)4;5-3(6,7)1(11)2(12)4(8,9)10/h6-7H,5H2,1-4H3;. The van der Waals surface area contributed by atoms with Crippen LogP contribution in [0, 0.1) is 11.8 Å². The topological polar surface area (TPSA) is 60.4 Å². The second-order valence-electron chi connectivity index (χ2n) is 4.83. The molecule has 22 heavy (non-hydrogen) atoms. The average molecular weight is 338 g/mol. The third-order valence-electron chi connectivity index (χ3n) is 1.75. The Morgan fingerprint density at radius 3 is 1.32 bits per heavy atom. The quantitative estimate of drug-likeness (QED) is 0.449. The van der Waals surface area contributed by atoms with E-state index < -0.39 is 23.9 Å². The van der Waals surface area contributed by atoms with Crippen LogP contribution in [0.5, 0.6) is 0 Å². The lowest BCUT2D eigenvalue weighted by Crippen LogP contribution is -2.39. The van der Waals surface area contributed by atoms with Crippen LogP contribution in [0.3, 0.4) is 0 Å². The van der Waals surface area contributed by atoms with Crippen molar-refractivity contribution >= 4 is 17.5 Å². The molecule has 0 aromatic carbocycles. The first-order valence-corrected chi connectivity index (χ1v) is 6.00. The lowest BCUT2D eigenvalue weighted by molar-refractivity contribution is -0.193. The van der Waals surface area contributed by atoms with Gasteiger partial charge < -0.3 is 4.74 Å². The predicted octanol–water partition coefficient (Wildman–Crippen LogP) is 3.09. The van der Waals surface area contributed by atoms with Gasteiger partial charge in [-0.15, -0.1) is 0 Å². The van der Waals surface area contributed by atoms with E-state index in [1.807, 2.05) is 27.7 Å². The lowest BCUT2D eigenvalue weighted by atomic mass is 10.2. The van der Waals surface area contributed by atoms with Gasteiger partial charge >= 0.3 is 29.9 Å². The smallest absolute Gasteiger partial charge is 0.458 e. The van der Waals surface area contributed by atoms with Crippen molar-refractivity contribution in [2.24, 2.45) is 11.8 Å². The van der Waals surface area contributed by atoms with E-state index in [0.29, 0.717) is 12.5 Å². The van der Waals surface area contributed by atoms with Crippen molar-refractivity contribution in [2.45, 2.75) is 40.0 Å². The number of alkyl halides is 6. The number of ketones is 2. The van der Waals surface area contributed by atoms with Crippen molar-refractivity contribution in [1.29, 1.82) is 0 Å². The Labute approximate surface area is 122 Å². The zero-order chi connectivity index (χ0) is 18.3. The Morgan fingerprint density at radius 1 is 0.818 bits per heavy atom.